The van der Waals surface area contributed by atoms with Gasteiger partial charge in [-0.1, -0.05) is 0 Å². The Bertz CT molecular complexity index is 96.0. The lowest BCUT2D eigenvalue weighted by Gasteiger charge is -1.96. The summed E-state index contributed by atoms with van der Waals surface area (Å²) >= 11 is 0. The van der Waals surface area contributed by atoms with Crippen molar-refractivity contribution in [2.45, 2.75) is 19.1 Å². The van der Waals surface area contributed by atoms with Crippen LogP contribution in [-0.2, 0) is 9.53 Å². The van der Waals surface area contributed by atoms with Crippen molar-refractivity contribution in [3.63, 3.8) is 0 Å². The van der Waals surface area contributed by atoms with Crippen molar-refractivity contribution in [1.29, 1.82) is 0 Å². The van der Waals surface area contributed by atoms with Gasteiger partial charge in [0.1, 0.15) is 0 Å². The second kappa shape index (κ2) is 3.04. The number of carbonyl (C=O) groups excluding carboxylic acids is 1. The van der Waals surface area contributed by atoms with E-state index < -0.39 is 0 Å². The van der Waals surface area contributed by atoms with E-state index in [4.69, 9.17) is 5.73 Å². The minimum Gasteiger partial charge on any atom is -0.447 e. The van der Waals surface area contributed by atoms with Gasteiger partial charge in [0.15, 0.2) is 6.23 Å². The fourth-order valence-electron chi connectivity index (χ4n) is 0.547. The molecule has 8 heavy (non-hydrogen) atoms. The third-order valence-electron chi connectivity index (χ3n) is 0.916. The van der Waals surface area contributed by atoms with Crippen LogP contribution in [-0.4, -0.2) is 12.2 Å². The van der Waals surface area contributed by atoms with Gasteiger partial charge in [-0.05, 0) is 0 Å². The van der Waals surface area contributed by atoms with E-state index in [-0.39, 0.29) is 29.2 Å². The molecule has 0 unspecified atom stereocenters. The van der Waals surface area contributed by atoms with Crippen molar-refractivity contribution in [2.24, 2.45) is 5.73 Å². The summed E-state index contributed by atoms with van der Waals surface area (Å²) in [6.07, 6.45) is 0.840. The molecule has 0 aliphatic carbocycles. The molecule has 1 heterocycles. The summed E-state index contributed by atoms with van der Waals surface area (Å²) < 4.78 is 4.50. The van der Waals surface area contributed by atoms with Crippen molar-refractivity contribution in [2.75, 3.05) is 0 Å². The van der Waals surface area contributed by atoms with Gasteiger partial charge in [-0.25, -0.2) is 0 Å². The van der Waals surface area contributed by atoms with Gasteiger partial charge in [0.25, 0.3) is 0 Å². The largest absolute Gasteiger partial charge is 0.447 e. The third kappa shape index (κ3) is 1.79. The normalized spacial score (nSPS) is 26.6. The van der Waals surface area contributed by atoms with E-state index in [9.17, 15) is 4.79 Å². The SMILES string of the molecule is Br.N[C@@H]1CCC(=O)O1. The van der Waals surface area contributed by atoms with Crippen LogP contribution in [0.15, 0.2) is 0 Å². The van der Waals surface area contributed by atoms with E-state index in [1.165, 1.54) is 0 Å². The van der Waals surface area contributed by atoms with Crippen molar-refractivity contribution in [1.82, 2.24) is 0 Å². The van der Waals surface area contributed by atoms with E-state index in [0.717, 1.165) is 0 Å². The number of cyclic esters (lactones) is 1. The molecule has 1 aliphatic rings. The van der Waals surface area contributed by atoms with Crippen molar-refractivity contribution in [3.8, 4) is 0 Å². The highest BCUT2D eigenvalue weighted by Crippen LogP contribution is 2.07. The van der Waals surface area contributed by atoms with Crippen molar-refractivity contribution >= 4 is 23.0 Å². The van der Waals surface area contributed by atoms with Crippen LogP contribution in [0.25, 0.3) is 0 Å². The third-order valence-corrected chi connectivity index (χ3v) is 0.916. The molecule has 1 rings (SSSR count). The van der Waals surface area contributed by atoms with Crippen LogP contribution in [0.5, 0.6) is 0 Å². The molecule has 0 bridgehead atoms. The van der Waals surface area contributed by atoms with E-state index in [1.807, 2.05) is 0 Å². The lowest BCUT2D eigenvalue weighted by molar-refractivity contribution is -0.141. The highest BCUT2D eigenvalue weighted by Gasteiger charge is 2.18. The molecule has 0 radical (unpaired) electrons. The number of rotatable bonds is 0. The Hall–Kier alpha value is -0.0900. The molecule has 1 aliphatic heterocycles. The molecular formula is C4H8BrNO2. The van der Waals surface area contributed by atoms with Crippen LogP contribution < -0.4 is 5.73 Å². The van der Waals surface area contributed by atoms with Gasteiger partial charge in [0, 0.05) is 6.42 Å². The van der Waals surface area contributed by atoms with Crippen LogP contribution >= 0.6 is 17.0 Å². The average Bonchev–Trinajstić information content (AvgIpc) is 1.87. The van der Waals surface area contributed by atoms with E-state index in [1.54, 1.807) is 0 Å². The molecule has 0 spiro atoms. The second-order valence-electron chi connectivity index (χ2n) is 1.57. The molecule has 1 saturated heterocycles. The molecule has 0 aromatic heterocycles. The summed E-state index contributed by atoms with van der Waals surface area (Å²) in [6, 6.07) is 0. The van der Waals surface area contributed by atoms with Gasteiger partial charge >= 0.3 is 5.97 Å². The summed E-state index contributed by atoms with van der Waals surface area (Å²) in [6.45, 7) is 0. The molecule has 48 valence electrons. The molecule has 0 aromatic carbocycles. The Morgan fingerprint density at radius 1 is 1.75 bits per heavy atom. The highest BCUT2D eigenvalue weighted by atomic mass is 79.9. The first-order valence-corrected chi connectivity index (χ1v) is 2.24. The van der Waals surface area contributed by atoms with E-state index in [2.05, 4.69) is 4.74 Å². The Balaban J connectivity index is 0.000000490. The predicted octanol–water partition coefficient (Wildman–Crippen LogP) is 0.186. The number of hydrogen-bond acceptors (Lipinski definition) is 3. The summed E-state index contributed by atoms with van der Waals surface area (Å²) in [7, 11) is 0. The van der Waals surface area contributed by atoms with Crippen LogP contribution in [0.3, 0.4) is 0 Å². The number of carbonyl (C=O) groups is 1. The summed E-state index contributed by atoms with van der Waals surface area (Å²) in [5.74, 6) is -0.174. The van der Waals surface area contributed by atoms with Crippen molar-refractivity contribution in [3.05, 3.63) is 0 Å². The fourth-order valence-corrected chi connectivity index (χ4v) is 0.547. The predicted molar refractivity (Wildman–Crippen MR) is 33.6 cm³/mol. The van der Waals surface area contributed by atoms with Crippen LogP contribution in [0.1, 0.15) is 12.8 Å². The molecule has 3 nitrogen and oxygen atoms in total. The number of esters is 1. The van der Waals surface area contributed by atoms with Crippen LogP contribution in [0.4, 0.5) is 0 Å². The zero-order valence-corrected chi connectivity index (χ0v) is 6.01. The second-order valence-corrected chi connectivity index (χ2v) is 1.57. The molecule has 0 amide bonds. The quantitative estimate of drug-likeness (QED) is 0.544. The Labute approximate surface area is 58.0 Å². The topological polar surface area (TPSA) is 52.3 Å². The number of nitrogens with two attached hydrogens (primary N) is 1. The first kappa shape index (κ1) is 7.91. The molecule has 1 atom stereocenters. The van der Waals surface area contributed by atoms with Crippen LogP contribution in [0.2, 0.25) is 0 Å². The Morgan fingerprint density at radius 2 is 2.38 bits per heavy atom. The standard InChI is InChI=1S/C4H7NO2.BrH/c5-3-1-2-4(6)7-3;/h3H,1-2,5H2;1H/t3-;/m0./s1. The molecular weight excluding hydrogens is 174 g/mol. The zero-order chi connectivity index (χ0) is 5.28. The van der Waals surface area contributed by atoms with Gasteiger partial charge in [-0.3, -0.25) is 10.5 Å². The smallest absolute Gasteiger partial charge is 0.307 e. The number of ether oxygens (including phenoxy) is 1. The number of halogens is 1. The van der Waals surface area contributed by atoms with Crippen LogP contribution in [0, 0.1) is 0 Å². The monoisotopic (exact) mass is 181 g/mol. The summed E-state index contributed by atoms with van der Waals surface area (Å²) in [4.78, 5) is 10.2. The van der Waals surface area contributed by atoms with Gasteiger partial charge in [0.2, 0.25) is 0 Å². The first-order chi connectivity index (χ1) is 3.29. The molecule has 0 aromatic rings. The maximum atomic E-state index is 10.2. The fraction of sp³-hybridized carbons (Fsp3) is 0.750. The summed E-state index contributed by atoms with van der Waals surface area (Å²) in [5.41, 5.74) is 5.18. The molecule has 2 N–H and O–H groups in total. The summed E-state index contributed by atoms with van der Waals surface area (Å²) in [5, 5.41) is 0. The lowest BCUT2D eigenvalue weighted by atomic mass is 10.3. The molecule has 4 heteroatoms. The maximum absolute atomic E-state index is 10.2. The average molecular weight is 182 g/mol. The Morgan fingerprint density at radius 3 is 2.50 bits per heavy atom. The van der Waals surface area contributed by atoms with Gasteiger partial charge in [0.05, 0.1) is 6.42 Å². The Kier molecular flexibility index (Phi) is 3.01. The van der Waals surface area contributed by atoms with Gasteiger partial charge < -0.3 is 4.74 Å². The lowest BCUT2D eigenvalue weighted by Crippen LogP contribution is -2.17. The first-order valence-electron chi connectivity index (χ1n) is 2.24. The highest BCUT2D eigenvalue weighted by molar-refractivity contribution is 8.93. The van der Waals surface area contributed by atoms with Crippen molar-refractivity contribution < 1.29 is 9.53 Å². The maximum Gasteiger partial charge on any atom is 0.307 e. The van der Waals surface area contributed by atoms with E-state index in [0.29, 0.717) is 12.8 Å². The zero-order valence-electron chi connectivity index (χ0n) is 4.29. The molecule has 0 saturated carbocycles. The number of hydrogen-bond donors (Lipinski definition) is 1. The minimum absolute atomic E-state index is 0. The minimum atomic E-state index is -0.326. The molecule has 1 fully saturated rings. The van der Waals surface area contributed by atoms with Gasteiger partial charge in [-0.2, -0.15) is 0 Å². The van der Waals surface area contributed by atoms with E-state index >= 15 is 0 Å². The van der Waals surface area contributed by atoms with Gasteiger partial charge in [-0.15, -0.1) is 17.0 Å².